The van der Waals surface area contributed by atoms with Gasteiger partial charge >= 0.3 is 0 Å². The van der Waals surface area contributed by atoms with Crippen molar-refractivity contribution < 1.29 is 14.4 Å². The van der Waals surface area contributed by atoms with Crippen molar-refractivity contribution in [2.45, 2.75) is 51.5 Å². The highest BCUT2D eigenvalue weighted by Gasteiger charge is 2.34. The van der Waals surface area contributed by atoms with Crippen LogP contribution in [0.5, 0.6) is 0 Å². The smallest absolute Gasteiger partial charge is 0.249 e. The maximum absolute atomic E-state index is 14.4. The van der Waals surface area contributed by atoms with Gasteiger partial charge in [0.25, 0.3) is 0 Å². The normalized spacial score (nSPS) is 18.3. The predicted molar refractivity (Wildman–Crippen MR) is 168 cm³/mol. The van der Waals surface area contributed by atoms with Gasteiger partial charge in [-0.15, -0.1) is 0 Å². The van der Waals surface area contributed by atoms with Crippen LogP contribution in [0.15, 0.2) is 48.7 Å². The fourth-order valence-corrected chi connectivity index (χ4v) is 6.80. The molecule has 3 amide bonds. The number of H-pyrrole nitrogens is 1. The summed E-state index contributed by atoms with van der Waals surface area (Å²) >= 11 is 6.37. The van der Waals surface area contributed by atoms with E-state index < -0.39 is 6.04 Å². The summed E-state index contributed by atoms with van der Waals surface area (Å²) < 4.78 is 0. The van der Waals surface area contributed by atoms with Crippen molar-refractivity contribution in [3.63, 3.8) is 0 Å². The number of aromatic amines is 1. The lowest BCUT2D eigenvalue weighted by Crippen LogP contribution is -2.53. The largest absolute Gasteiger partial charge is 0.361 e. The van der Waals surface area contributed by atoms with Crippen molar-refractivity contribution in [1.82, 2.24) is 20.1 Å². The monoisotopic (exact) mass is 591 g/mol. The Morgan fingerprint density at radius 1 is 1.10 bits per heavy atom. The van der Waals surface area contributed by atoms with Gasteiger partial charge in [-0.1, -0.05) is 29.8 Å². The van der Waals surface area contributed by atoms with E-state index in [1.165, 1.54) is 0 Å². The van der Waals surface area contributed by atoms with E-state index in [1.807, 2.05) is 72.6 Å². The maximum Gasteiger partial charge on any atom is 0.249 e. The Hall–Kier alpha value is -3.36. The molecule has 1 saturated heterocycles. The van der Waals surface area contributed by atoms with Gasteiger partial charge in [0.2, 0.25) is 17.7 Å². The first-order valence-electron chi connectivity index (χ1n) is 15.0. The fraction of sp³-hybridized carbons (Fsp3) is 0.485. The number of rotatable bonds is 9. The fourth-order valence-electron chi connectivity index (χ4n) is 6.61. The number of fused-ring (bicyclic) bond motifs is 2. The zero-order valence-corrected chi connectivity index (χ0v) is 25.6. The van der Waals surface area contributed by atoms with Crippen LogP contribution in [-0.2, 0) is 27.2 Å². The number of hydrogen-bond acceptors (Lipinski definition) is 4. The molecule has 0 unspecified atom stereocenters. The first-order valence-corrected chi connectivity index (χ1v) is 15.4. The van der Waals surface area contributed by atoms with Gasteiger partial charge in [-0.2, -0.15) is 0 Å². The second kappa shape index (κ2) is 13.3. The van der Waals surface area contributed by atoms with Crippen molar-refractivity contribution in [1.29, 1.82) is 0 Å². The van der Waals surface area contributed by atoms with Crippen LogP contribution in [0.3, 0.4) is 0 Å². The SMILES string of the molecule is CC(=O)N1CCC(CCC(=O)N[C@H](Cc2c[nH]c3ccccc23)C(=O)N2C[C@H](CN(C)C)Cc3cc(Cl)ccc32)CC1. The van der Waals surface area contributed by atoms with Crippen LogP contribution in [-0.4, -0.2) is 78.8 Å². The van der Waals surface area contributed by atoms with Crippen LogP contribution in [0.25, 0.3) is 10.9 Å². The number of nitrogens with one attached hydrogen (secondary N) is 2. The summed E-state index contributed by atoms with van der Waals surface area (Å²) in [5.74, 6) is 0.551. The molecule has 42 heavy (non-hydrogen) atoms. The molecule has 0 spiro atoms. The zero-order valence-electron chi connectivity index (χ0n) is 24.9. The minimum Gasteiger partial charge on any atom is -0.361 e. The molecule has 224 valence electrons. The predicted octanol–water partition coefficient (Wildman–Crippen LogP) is 4.65. The number of hydrogen-bond donors (Lipinski definition) is 2. The third kappa shape index (κ3) is 7.16. The van der Waals surface area contributed by atoms with Gasteiger partial charge in [-0.25, -0.2) is 0 Å². The molecular weight excluding hydrogens is 550 g/mol. The Bertz CT molecular complexity index is 1430. The highest BCUT2D eigenvalue weighted by Crippen LogP contribution is 2.33. The van der Waals surface area contributed by atoms with Gasteiger partial charge in [0.05, 0.1) is 0 Å². The number of para-hydroxylation sites is 1. The molecule has 1 aromatic heterocycles. The molecule has 0 bridgehead atoms. The van der Waals surface area contributed by atoms with Gasteiger partial charge in [0.1, 0.15) is 6.04 Å². The van der Waals surface area contributed by atoms with E-state index in [0.717, 1.165) is 73.0 Å². The molecular formula is C33H42ClN5O3. The molecule has 2 atom stereocenters. The van der Waals surface area contributed by atoms with Crippen molar-refractivity contribution >= 4 is 45.9 Å². The third-order valence-corrected chi connectivity index (χ3v) is 8.98. The molecule has 2 aliphatic rings. The third-order valence-electron chi connectivity index (χ3n) is 8.74. The van der Waals surface area contributed by atoms with Crippen LogP contribution >= 0.6 is 11.6 Å². The van der Waals surface area contributed by atoms with E-state index >= 15 is 0 Å². The first-order chi connectivity index (χ1) is 20.2. The molecule has 0 aliphatic carbocycles. The molecule has 9 heteroatoms. The van der Waals surface area contributed by atoms with E-state index in [2.05, 4.69) is 15.2 Å². The molecule has 3 heterocycles. The quantitative estimate of drug-likeness (QED) is 0.379. The highest BCUT2D eigenvalue weighted by atomic mass is 35.5. The Morgan fingerprint density at radius 3 is 2.60 bits per heavy atom. The number of likely N-dealkylation sites (tertiary alicyclic amines) is 1. The van der Waals surface area contributed by atoms with Crippen LogP contribution in [0, 0.1) is 11.8 Å². The summed E-state index contributed by atoms with van der Waals surface area (Å²) in [6, 6.07) is 13.0. The number of halogens is 1. The summed E-state index contributed by atoms with van der Waals surface area (Å²) in [5.41, 5.74) is 3.93. The lowest BCUT2D eigenvalue weighted by molar-refractivity contribution is -0.130. The Morgan fingerprint density at radius 2 is 1.86 bits per heavy atom. The zero-order chi connectivity index (χ0) is 29.8. The average Bonchev–Trinajstić information content (AvgIpc) is 3.37. The number of amides is 3. The maximum atomic E-state index is 14.4. The standard InChI is InChI=1S/C33H42ClN5O3/c1-22(40)38-14-12-23(13-15-38)8-11-32(41)36-30(18-26-19-35-29-7-5-4-6-28(26)29)33(42)39-21-24(20-37(2)3)16-25-17-27(34)9-10-31(25)39/h4-7,9-10,17,19,23-24,30,35H,8,11-16,18,20-21H2,1-3H3,(H,36,41)/t24-,30+/m0/s1. The van der Waals surface area contributed by atoms with Crippen LogP contribution in [0.2, 0.25) is 5.02 Å². The summed E-state index contributed by atoms with van der Waals surface area (Å²) in [7, 11) is 4.09. The summed E-state index contributed by atoms with van der Waals surface area (Å²) in [6.45, 7) is 4.53. The molecule has 2 aliphatic heterocycles. The minimum absolute atomic E-state index is 0.101. The van der Waals surface area contributed by atoms with Crippen LogP contribution < -0.4 is 10.2 Å². The Balaban J connectivity index is 1.35. The molecule has 5 rings (SSSR count). The van der Waals surface area contributed by atoms with E-state index in [0.29, 0.717) is 30.3 Å². The van der Waals surface area contributed by atoms with Crippen LogP contribution in [0.1, 0.15) is 43.7 Å². The highest BCUT2D eigenvalue weighted by molar-refractivity contribution is 6.30. The molecule has 0 radical (unpaired) electrons. The summed E-state index contributed by atoms with van der Waals surface area (Å²) in [6.07, 6.45) is 6.11. The Kier molecular flexibility index (Phi) is 9.53. The number of benzene rings is 2. The number of anilines is 1. The molecule has 8 nitrogen and oxygen atoms in total. The first kappa shape index (κ1) is 30.1. The van der Waals surface area contributed by atoms with Gasteiger partial charge in [-0.05, 0) is 87.0 Å². The number of aromatic nitrogens is 1. The van der Waals surface area contributed by atoms with Crippen molar-refractivity contribution in [3.8, 4) is 0 Å². The van der Waals surface area contributed by atoms with Crippen molar-refractivity contribution in [2.24, 2.45) is 11.8 Å². The van der Waals surface area contributed by atoms with Crippen LogP contribution in [0.4, 0.5) is 5.69 Å². The second-order valence-electron chi connectivity index (χ2n) is 12.2. The van der Waals surface area contributed by atoms with E-state index in [4.69, 9.17) is 11.6 Å². The molecule has 2 N–H and O–H groups in total. The molecule has 1 fully saturated rings. The van der Waals surface area contributed by atoms with Crippen molar-refractivity contribution in [3.05, 3.63) is 64.8 Å². The molecule has 2 aromatic carbocycles. The second-order valence-corrected chi connectivity index (χ2v) is 12.7. The topological polar surface area (TPSA) is 88.8 Å². The Labute approximate surface area is 253 Å². The molecule has 0 saturated carbocycles. The average molecular weight is 592 g/mol. The number of nitrogens with zero attached hydrogens (tertiary/aromatic N) is 3. The van der Waals surface area contributed by atoms with E-state index in [1.54, 1.807) is 6.92 Å². The minimum atomic E-state index is -0.710. The summed E-state index contributed by atoms with van der Waals surface area (Å²) in [5, 5.41) is 4.85. The number of carbonyl (C=O) groups is 3. The van der Waals surface area contributed by atoms with E-state index in [-0.39, 0.29) is 23.6 Å². The van der Waals surface area contributed by atoms with E-state index in [9.17, 15) is 14.4 Å². The van der Waals surface area contributed by atoms with Gasteiger partial charge in [-0.3, -0.25) is 14.4 Å². The van der Waals surface area contributed by atoms with Crippen molar-refractivity contribution in [2.75, 3.05) is 45.2 Å². The lowest BCUT2D eigenvalue weighted by Gasteiger charge is -2.37. The summed E-state index contributed by atoms with van der Waals surface area (Å²) in [4.78, 5) is 48.6. The number of piperidine rings is 1. The molecule has 3 aromatic rings. The number of carbonyl (C=O) groups excluding carboxylic acids is 3. The van der Waals surface area contributed by atoms with Gasteiger partial charge < -0.3 is 25.0 Å². The van der Waals surface area contributed by atoms with Gasteiger partial charge in [0.15, 0.2) is 0 Å². The lowest BCUT2D eigenvalue weighted by atomic mass is 9.90. The van der Waals surface area contributed by atoms with Gasteiger partial charge in [0, 0.05) is 73.8 Å².